The summed E-state index contributed by atoms with van der Waals surface area (Å²) in [5, 5.41) is 12.7. The van der Waals surface area contributed by atoms with Crippen molar-refractivity contribution in [2.75, 3.05) is 6.54 Å². The molecule has 0 radical (unpaired) electrons. The highest BCUT2D eigenvalue weighted by molar-refractivity contribution is 5.84. The SMILES string of the molecule is CC(C)(C)N1CC(NC(=O)C2CCCC2O)CC1=O. The fraction of sp³-hybridized carbons (Fsp3) is 0.857. The lowest BCUT2D eigenvalue weighted by Gasteiger charge is -2.32. The summed E-state index contributed by atoms with van der Waals surface area (Å²) in [6.45, 7) is 6.55. The average Bonchev–Trinajstić information content (AvgIpc) is 2.83. The molecule has 0 aromatic rings. The van der Waals surface area contributed by atoms with Gasteiger partial charge in [-0.1, -0.05) is 0 Å². The first-order valence-corrected chi connectivity index (χ1v) is 7.08. The Hall–Kier alpha value is -1.10. The second-order valence-corrected chi connectivity index (χ2v) is 6.69. The van der Waals surface area contributed by atoms with Crippen molar-refractivity contribution < 1.29 is 14.7 Å². The Morgan fingerprint density at radius 3 is 2.53 bits per heavy atom. The Bertz CT molecular complexity index is 375. The lowest BCUT2D eigenvalue weighted by Crippen LogP contribution is -2.46. The maximum Gasteiger partial charge on any atom is 0.226 e. The summed E-state index contributed by atoms with van der Waals surface area (Å²) in [5.74, 6) is -0.304. The van der Waals surface area contributed by atoms with Crippen molar-refractivity contribution in [2.24, 2.45) is 5.92 Å². The van der Waals surface area contributed by atoms with Crippen molar-refractivity contribution in [3.8, 4) is 0 Å². The molecule has 1 saturated carbocycles. The molecule has 2 amide bonds. The molecule has 0 bridgehead atoms. The molecule has 1 saturated heterocycles. The number of likely N-dealkylation sites (tertiary alicyclic amines) is 1. The maximum absolute atomic E-state index is 12.1. The van der Waals surface area contributed by atoms with Gasteiger partial charge in [0.15, 0.2) is 0 Å². The smallest absolute Gasteiger partial charge is 0.226 e. The van der Waals surface area contributed by atoms with Crippen molar-refractivity contribution in [3.05, 3.63) is 0 Å². The number of aliphatic hydroxyl groups excluding tert-OH is 1. The predicted octanol–water partition coefficient (Wildman–Crippen LogP) is 0.663. The number of rotatable bonds is 2. The molecule has 0 spiro atoms. The van der Waals surface area contributed by atoms with E-state index in [0.29, 0.717) is 19.4 Å². The summed E-state index contributed by atoms with van der Waals surface area (Å²) in [6, 6.07) is -0.118. The Morgan fingerprint density at radius 1 is 1.37 bits per heavy atom. The maximum atomic E-state index is 12.1. The van der Waals surface area contributed by atoms with Gasteiger partial charge in [-0.05, 0) is 40.0 Å². The van der Waals surface area contributed by atoms with Crippen molar-refractivity contribution in [3.63, 3.8) is 0 Å². The highest BCUT2D eigenvalue weighted by Crippen LogP contribution is 2.27. The van der Waals surface area contributed by atoms with Gasteiger partial charge < -0.3 is 15.3 Å². The third-order valence-electron chi connectivity index (χ3n) is 4.10. The number of carbonyl (C=O) groups excluding carboxylic acids is 2. The molecular weight excluding hydrogens is 244 g/mol. The fourth-order valence-corrected chi connectivity index (χ4v) is 3.01. The molecule has 1 heterocycles. The van der Waals surface area contributed by atoms with E-state index in [4.69, 9.17) is 0 Å². The van der Waals surface area contributed by atoms with E-state index in [2.05, 4.69) is 5.32 Å². The van der Waals surface area contributed by atoms with E-state index < -0.39 is 6.10 Å². The van der Waals surface area contributed by atoms with Gasteiger partial charge in [0.1, 0.15) is 0 Å². The minimum absolute atomic E-state index is 0.0878. The van der Waals surface area contributed by atoms with Gasteiger partial charge in [-0.25, -0.2) is 0 Å². The van der Waals surface area contributed by atoms with E-state index in [1.165, 1.54) is 0 Å². The van der Waals surface area contributed by atoms with Crippen LogP contribution in [-0.4, -0.2) is 46.1 Å². The average molecular weight is 268 g/mol. The topological polar surface area (TPSA) is 69.6 Å². The van der Waals surface area contributed by atoms with E-state index in [9.17, 15) is 14.7 Å². The van der Waals surface area contributed by atoms with Crippen LogP contribution >= 0.6 is 0 Å². The van der Waals surface area contributed by atoms with E-state index >= 15 is 0 Å². The third kappa shape index (κ3) is 3.08. The Kier molecular flexibility index (Phi) is 3.85. The number of hydrogen-bond acceptors (Lipinski definition) is 3. The minimum Gasteiger partial charge on any atom is -0.392 e. The molecule has 108 valence electrons. The van der Waals surface area contributed by atoms with Crippen LogP contribution in [0.1, 0.15) is 46.5 Å². The van der Waals surface area contributed by atoms with Crippen LogP contribution in [0.5, 0.6) is 0 Å². The van der Waals surface area contributed by atoms with Gasteiger partial charge in [-0.3, -0.25) is 9.59 Å². The number of amides is 2. The van der Waals surface area contributed by atoms with Gasteiger partial charge >= 0.3 is 0 Å². The van der Waals surface area contributed by atoms with Gasteiger partial charge in [-0.15, -0.1) is 0 Å². The predicted molar refractivity (Wildman–Crippen MR) is 71.4 cm³/mol. The molecule has 19 heavy (non-hydrogen) atoms. The molecule has 3 atom stereocenters. The molecule has 2 fully saturated rings. The number of carbonyl (C=O) groups is 2. The number of nitrogens with one attached hydrogen (secondary N) is 1. The lowest BCUT2D eigenvalue weighted by molar-refractivity contribution is -0.131. The molecule has 2 rings (SSSR count). The standard InChI is InChI=1S/C14H24N2O3/c1-14(2,3)16-8-9(7-12(16)18)15-13(19)10-5-4-6-11(10)17/h9-11,17H,4-8H2,1-3H3,(H,15,19). The summed E-state index contributed by atoms with van der Waals surface area (Å²) in [6.07, 6.45) is 2.20. The molecule has 1 aliphatic heterocycles. The van der Waals surface area contributed by atoms with Gasteiger partial charge in [-0.2, -0.15) is 0 Å². The lowest BCUT2D eigenvalue weighted by atomic mass is 10.0. The van der Waals surface area contributed by atoms with E-state index in [-0.39, 0.29) is 29.3 Å². The van der Waals surface area contributed by atoms with E-state index in [1.54, 1.807) is 0 Å². The van der Waals surface area contributed by atoms with Crippen LogP contribution in [0.15, 0.2) is 0 Å². The quantitative estimate of drug-likeness (QED) is 0.773. The second kappa shape index (κ2) is 5.12. The van der Waals surface area contributed by atoms with Crippen LogP contribution < -0.4 is 5.32 Å². The van der Waals surface area contributed by atoms with Crippen LogP contribution in [0.2, 0.25) is 0 Å². The molecule has 3 unspecified atom stereocenters. The van der Waals surface area contributed by atoms with Crippen molar-refractivity contribution in [2.45, 2.75) is 64.1 Å². The Morgan fingerprint density at radius 2 is 2.05 bits per heavy atom. The van der Waals surface area contributed by atoms with E-state index in [1.807, 2.05) is 25.7 Å². The highest BCUT2D eigenvalue weighted by Gasteiger charge is 2.39. The molecule has 2 N–H and O–H groups in total. The van der Waals surface area contributed by atoms with Gasteiger partial charge in [0, 0.05) is 18.5 Å². The summed E-state index contributed by atoms with van der Waals surface area (Å²) in [7, 11) is 0. The van der Waals surface area contributed by atoms with Gasteiger partial charge in [0.25, 0.3) is 0 Å². The molecule has 5 heteroatoms. The summed E-state index contributed by atoms with van der Waals surface area (Å²) in [5.41, 5.74) is -0.205. The molecule has 1 aliphatic carbocycles. The van der Waals surface area contributed by atoms with Crippen molar-refractivity contribution >= 4 is 11.8 Å². The summed E-state index contributed by atoms with van der Waals surface area (Å²) in [4.78, 5) is 25.8. The first-order valence-electron chi connectivity index (χ1n) is 7.08. The Balaban J connectivity index is 1.91. The summed E-state index contributed by atoms with van der Waals surface area (Å²) >= 11 is 0. The number of hydrogen-bond donors (Lipinski definition) is 2. The van der Waals surface area contributed by atoms with Crippen LogP contribution in [0, 0.1) is 5.92 Å². The van der Waals surface area contributed by atoms with Crippen LogP contribution in [0.3, 0.4) is 0 Å². The second-order valence-electron chi connectivity index (χ2n) is 6.69. The zero-order valence-electron chi connectivity index (χ0n) is 12.0. The molecule has 0 aromatic heterocycles. The van der Waals surface area contributed by atoms with E-state index in [0.717, 1.165) is 12.8 Å². The first-order chi connectivity index (χ1) is 8.79. The molecule has 0 aromatic carbocycles. The zero-order chi connectivity index (χ0) is 14.2. The molecular formula is C14H24N2O3. The van der Waals surface area contributed by atoms with Crippen molar-refractivity contribution in [1.82, 2.24) is 10.2 Å². The van der Waals surface area contributed by atoms with Gasteiger partial charge in [0.2, 0.25) is 11.8 Å². The monoisotopic (exact) mass is 268 g/mol. The fourth-order valence-electron chi connectivity index (χ4n) is 3.01. The highest BCUT2D eigenvalue weighted by atomic mass is 16.3. The number of aliphatic hydroxyl groups is 1. The minimum atomic E-state index is -0.518. The summed E-state index contributed by atoms with van der Waals surface area (Å²) < 4.78 is 0. The normalized spacial score (nSPS) is 31.9. The Labute approximate surface area is 114 Å². The number of nitrogens with zero attached hydrogens (tertiary/aromatic N) is 1. The zero-order valence-corrected chi connectivity index (χ0v) is 12.0. The first kappa shape index (κ1) is 14.3. The largest absolute Gasteiger partial charge is 0.392 e. The van der Waals surface area contributed by atoms with Crippen LogP contribution in [-0.2, 0) is 9.59 Å². The van der Waals surface area contributed by atoms with Crippen LogP contribution in [0.4, 0.5) is 0 Å². The third-order valence-corrected chi connectivity index (χ3v) is 4.10. The molecule has 5 nitrogen and oxygen atoms in total. The molecule has 2 aliphatic rings. The van der Waals surface area contributed by atoms with Crippen LogP contribution in [0.25, 0.3) is 0 Å². The van der Waals surface area contributed by atoms with Crippen molar-refractivity contribution in [1.29, 1.82) is 0 Å². The van der Waals surface area contributed by atoms with Gasteiger partial charge in [0.05, 0.1) is 18.1 Å².